The molecule has 0 unspecified atom stereocenters. The highest BCUT2D eigenvalue weighted by atomic mass is 35.5. The third kappa shape index (κ3) is 3.19. The van der Waals surface area contributed by atoms with Crippen LogP contribution < -0.4 is 0 Å². The molecule has 88 valence electrons. The second-order valence-corrected chi connectivity index (χ2v) is 4.92. The summed E-state index contributed by atoms with van der Waals surface area (Å²) in [7, 11) is 0. The molecule has 2 aromatic rings. The molecule has 3 nitrogen and oxygen atoms in total. The molecule has 0 radical (unpaired) electrons. The van der Waals surface area contributed by atoms with Gasteiger partial charge in [0.1, 0.15) is 0 Å². The van der Waals surface area contributed by atoms with Crippen molar-refractivity contribution in [2.75, 3.05) is 0 Å². The van der Waals surface area contributed by atoms with Crippen LogP contribution in [0.3, 0.4) is 0 Å². The highest BCUT2D eigenvalue weighted by Crippen LogP contribution is 2.32. The van der Waals surface area contributed by atoms with Crippen molar-refractivity contribution in [2.45, 2.75) is 23.1 Å². The molecule has 0 aliphatic rings. The predicted octanol–water partition coefficient (Wildman–Crippen LogP) is 3.33. The van der Waals surface area contributed by atoms with E-state index in [9.17, 15) is 5.11 Å². The van der Waals surface area contributed by atoms with Crippen molar-refractivity contribution < 1.29 is 5.11 Å². The molecule has 0 saturated carbocycles. The van der Waals surface area contributed by atoms with Crippen LogP contribution in [0.5, 0.6) is 0 Å². The minimum Gasteiger partial charge on any atom is -0.389 e. The van der Waals surface area contributed by atoms with Gasteiger partial charge in [0.05, 0.1) is 11.1 Å². The largest absolute Gasteiger partial charge is 0.389 e. The highest BCUT2D eigenvalue weighted by Gasteiger charge is 2.08. The van der Waals surface area contributed by atoms with Crippen molar-refractivity contribution in [3.8, 4) is 0 Å². The number of halogens is 1. The van der Waals surface area contributed by atoms with Crippen molar-refractivity contribution in [1.29, 1.82) is 0 Å². The molecule has 0 amide bonds. The number of aliphatic hydroxyl groups is 1. The summed E-state index contributed by atoms with van der Waals surface area (Å²) >= 11 is 7.53. The van der Waals surface area contributed by atoms with Gasteiger partial charge in [-0.1, -0.05) is 17.7 Å². The summed E-state index contributed by atoms with van der Waals surface area (Å²) in [5, 5.41) is 10.7. The number of nitrogens with zero attached hydrogens (tertiary/aromatic N) is 2. The Kier molecular flexibility index (Phi) is 3.99. The summed E-state index contributed by atoms with van der Waals surface area (Å²) in [6, 6.07) is 7.24. The lowest BCUT2D eigenvalue weighted by molar-refractivity contribution is 0.199. The fourth-order valence-electron chi connectivity index (χ4n) is 1.30. The van der Waals surface area contributed by atoms with E-state index in [1.54, 1.807) is 31.5 Å². The molecule has 0 bridgehead atoms. The zero-order valence-corrected chi connectivity index (χ0v) is 10.7. The van der Waals surface area contributed by atoms with E-state index in [1.165, 1.54) is 11.8 Å². The van der Waals surface area contributed by atoms with Crippen LogP contribution in [0.4, 0.5) is 0 Å². The Labute approximate surface area is 109 Å². The van der Waals surface area contributed by atoms with Gasteiger partial charge >= 0.3 is 0 Å². The molecule has 5 heteroatoms. The zero-order valence-electron chi connectivity index (χ0n) is 9.17. The number of hydrogen-bond donors (Lipinski definition) is 1. The van der Waals surface area contributed by atoms with Gasteiger partial charge < -0.3 is 5.11 Å². The van der Waals surface area contributed by atoms with E-state index in [0.29, 0.717) is 10.2 Å². The summed E-state index contributed by atoms with van der Waals surface area (Å²) in [4.78, 5) is 9.11. The summed E-state index contributed by atoms with van der Waals surface area (Å²) in [6.45, 7) is 1.71. The Hall–Kier alpha value is -1.10. The maximum atomic E-state index is 9.44. The summed E-state index contributed by atoms with van der Waals surface area (Å²) in [5.41, 5.74) is 0.799. The lowest BCUT2D eigenvalue weighted by Crippen LogP contribution is -1.91. The van der Waals surface area contributed by atoms with Gasteiger partial charge in [-0.15, -0.1) is 0 Å². The third-order valence-corrected chi connectivity index (χ3v) is 3.58. The number of rotatable bonds is 3. The van der Waals surface area contributed by atoms with Gasteiger partial charge in [-0.05, 0) is 42.4 Å². The van der Waals surface area contributed by atoms with E-state index >= 15 is 0 Å². The van der Waals surface area contributed by atoms with Gasteiger partial charge in [0, 0.05) is 17.3 Å². The lowest BCUT2D eigenvalue weighted by Gasteiger charge is -2.07. The van der Waals surface area contributed by atoms with Crippen LogP contribution in [0.15, 0.2) is 46.7 Å². The molecule has 0 spiro atoms. The summed E-state index contributed by atoms with van der Waals surface area (Å²) in [5.74, 6) is 0. The normalized spacial score (nSPS) is 12.4. The average Bonchev–Trinajstić information content (AvgIpc) is 2.33. The molecule has 1 N–H and O–H groups in total. The van der Waals surface area contributed by atoms with Gasteiger partial charge in [0.2, 0.25) is 0 Å². The third-order valence-electron chi connectivity index (χ3n) is 2.18. The Balaban J connectivity index is 2.23. The second-order valence-electron chi connectivity index (χ2n) is 3.50. The molecule has 0 aliphatic heterocycles. The number of aliphatic hydroxyl groups excluding tert-OH is 1. The standard InChI is InChI=1S/C12H11ClN2OS/c1-8(16)9-3-4-11(10(13)7-9)17-12-14-5-2-6-15-12/h2-8,16H,1H3/t8-/m0/s1. The monoisotopic (exact) mass is 266 g/mol. The fourth-order valence-corrected chi connectivity index (χ4v) is 2.32. The molecule has 0 aliphatic carbocycles. The Morgan fingerprint density at radius 3 is 2.59 bits per heavy atom. The SMILES string of the molecule is C[C@H](O)c1ccc(Sc2ncccn2)c(Cl)c1. The van der Waals surface area contributed by atoms with Crippen LogP contribution in [0.25, 0.3) is 0 Å². The van der Waals surface area contributed by atoms with E-state index < -0.39 is 6.10 Å². The smallest absolute Gasteiger partial charge is 0.192 e. The van der Waals surface area contributed by atoms with Crippen LogP contribution in [0.1, 0.15) is 18.6 Å². The number of benzene rings is 1. The molecule has 17 heavy (non-hydrogen) atoms. The first kappa shape index (κ1) is 12.4. The minimum atomic E-state index is -0.514. The average molecular weight is 267 g/mol. The van der Waals surface area contributed by atoms with E-state index in [2.05, 4.69) is 9.97 Å². The first-order chi connectivity index (χ1) is 8.16. The molecule has 1 atom stereocenters. The van der Waals surface area contributed by atoms with Gasteiger partial charge in [-0.2, -0.15) is 0 Å². The van der Waals surface area contributed by atoms with Crippen molar-refractivity contribution in [3.63, 3.8) is 0 Å². The number of hydrogen-bond acceptors (Lipinski definition) is 4. The van der Waals surface area contributed by atoms with E-state index in [1.807, 2.05) is 12.1 Å². The van der Waals surface area contributed by atoms with Gasteiger partial charge in [0.25, 0.3) is 0 Å². The maximum Gasteiger partial charge on any atom is 0.192 e. The quantitative estimate of drug-likeness (QED) is 0.866. The van der Waals surface area contributed by atoms with Gasteiger partial charge in [-0.3, -0.25) is 0 Å². The topological polar surface area (TPSA) is 46.0 Å². The van der Waals surface area contributed by atoms with Crippen molar-refractivity contribution in [1.82, 2.24) is 9.97 Å². The molecule has 1 aromatic carbocycles. The highest BCUT2D eigenvalue weighted by molar-refractivity contribution is 7.99. The molecule has 0 saturated heterocycles. The molecule has 1 heterocycles. The van der Waals surface area contributed by atoms with Gasteiger partial charge in [-0.25, -0.2) is 9.97 Å². The number of aromatic nitrogens is 2. The van der Waals surface area contributed by atoms with E-state index in [4.69, 9.17) is 11.6 Å². The molecule has 2 rings (SSSR count). The maximum absolute atomic E-state index is 9.44. The van der Waals surface area contributed by atoms with Crippen LogP contribution in [0, 0.1) is 0 Å². The zero-order chi connectivity index (χ0) is 12.3. The van der Waals surface area contributed by atoms with Crippen molar-refractivity contribution >= 4 is 23.4 Å². The first-order valence-corrected chi connectivity index (χ1v) is 6.28. The van der Waals surface area contributed by atoms with Crippen molar-refractivity contribution in [2.24, 2.45) is 0 Å². The van der Waals surface area contributed by atoms with Crippen molar-refractivity contribution in [3.05, 3.63) is 47.2 Å². The Bertz CT molecular complexity index is 505. The second kappa shape index (κ2) is 5.49. The first-order valence-electron chi connectivity index (χ1n) is 5.09. The molecular weight excluding hydrogens is 256 g/mol. The van der Waals surface area contributed by atoms with E-state index in [0.717, 1.165) is 10.5 Å². The summed E-state index contributed by atoms with van der Waals surface area (Å²) in [6.07, 6.45) is 2.86. The van der Waals surface area contributed by atoms with Crippen LogP contribution >= 0.6 is 23.4 Å². The van der Waals surface area contributed by atoms with Crippen LogP contribution in [0.2, 0.25) is 5.02 Å². The fraction of sp³-hybridized carbons (Fsp3) is 0.167. The van der Waals surface area contributed by atoms with E-state index in [-0.39, 0.29) is 0 Å². The Morgan fingerprint density at radius 1 is 1.29 bits per heavy atom. The lowest BCUT2D eigenvalue weighted by atomic mass is 10.1. The molecule has 0 fully saturated rings. The van der Waals surface area contributed by atoms with Crippen LogP contribution in [-0.4, -0.2) is 15.1 Å². The minimum absolute atomic E-state index is 0.514. The Morgan fingerprint density at radius 2 is 2.00 bits per heavy atom. The van der Waals surface area contributed by atoms with Gasteiger partial charge in [0.15, 0.2) is 5.16 Å². The molecular formula is C12H11ClN2OS. The summed E-state index contributed by atoms with van der Waals surface area (Å²) < 4.78 is 0. The predicted molar refractivity (Wildman–Crippen MR) is 68.2 cm³/mol. The van der Waals surface area contributed by atoms with Crippen LogP contribution in [-0.2, 0) is 0 Å². The molecule has 1 aromatic heterocycles.